The topological polar surface area (TPSA) is 75.7 Å². The molecule has 3 aromatic rings. The molecule has 190 valence electrons. The van der Waals surface area contributed by atoms with E-state index in [2.05, 4.69) is 17.4 Å². The first-order valence-corrected chi connectivity index (χ1v) is 13.8. The Morgan fingerprint density at radius 1 is 0.972 bits per heavy atom. The lowest BCUT2D eigenvalue weighted by molar-refractivity contribution is -0.120. The number of sulfonamides is 1. The quantitative estimate of drug-likeness (QED) is 0.447. The van der Waals surface area contributed by atoms with E-state index in [1.807, 2.05) is 25.1 Å². The predicted octanol–water partition coefficient (Wildman–Crippen LogP) is 5.02. The molecule has 36 heavy (non-hydrogen) atoms. The van der Waals surface area contributed by atoms with E-state index in [1.165, 1.54) is 0 Å². The van der Waals surface area contributed by atoms with Crippen molar-refractivity contribution in [2.75, 3.05) is 30.6 Å². The maximum Gasteiger partial charge on any atom is 0.264 e. The number of rotatable bonds is 8. The Morgan fingerprint density at radius 3 is 2.31 bits per heavy atom. The highest BCUT2D eigenvalue weighted by Crippen LogP contribution is 2.34. The summed E-state index contributed by atoms with van der Waals surface area (Å²) in [4.78, 5) is 13.4. The lowest BCUT2D eigenvalue weighted by Gasteiger charge is -2.38. The molecule has 0 spiro atoms. The minimum absolute atomic E-state index is 0.116. The van der Waals surface area contributed by atoms with Crippen LogP contribution >= 0.6 is 11.6 Å². The van der Waals surface area contributed by atoms with Crippen LogP contribution in [0.4, 0.5) is 5.69 Å². The minimum atomic E-state index is -4.02. The third-order valence-corrected chi connectivity index (χ3v) is 9.05. The fourth-order valence-electron chi connectivity index (χ4n) is 4.58. The van der Waals surface area contributed by atoms with Crippen molar-refractivity contribution in [3.63, 3.8) is 0 Å². The number of nitrogens with zero attached hydrogens (tertiary/aromatic N) is 1. The van der Waals surface area contributed by atoms with Gasteiger partial charge in [0.05, 0.1) is 10.6 Å². The first-order valence-electron chi connectivity index (χ1n) is 12.0. The molecule has 0 saturated carbocycles. The summed E-state index contributed by atoms with van der Waals surface area (Å²) in [6.07, 6.45) is 1.55. The van der Waals surface area contributed by atoms with Crippen molar-refractivity contribution in [2.24, 2.45) is 0 Å². The number of hydrogen-bond donors (Lipinski definition) is 1. The van der Waals surface area contributed by atoms with Gasteiger partial charge in [-0.1, -0.05) is 65.7 Å². The molecule has 0 atom stereocenters. The normalized spacial score (nSPS) is 15.3. The zero-order valence-electron chi connectivity index (χ0n) is 20.5. The third kappa shape index (κ3) is 5.59. The van der Waals surface area contributed by atoms with Gasteiger partial charge in [-0.3, -0.25) is 9.10 Å². The molecule has 0 aliphatic carbocycles. The Hall–Kier alpha value is -2.87. The van der Waals surface area contributed by atoms with Gasteiger partial charge in [0, 0.05) is 30.2 Å². The fourth-order valence-corrected chi connectivity index (χ4v) is 6.23. The van der Waals surface area contributed by atoms with Crippen molar-refractivity contribution < 1.29 is 17.9 Å². The molecule has 3 aromatic carbocycles. The van der Waals surface area contributed by atoms with Gasteiger partial charge < -0.3 is 10.1 Å². The van der Waals surface area contributed by atoms with Gasteiger partial charge in [0.25, 0.3) is 10.0 Å². The van der Waals surface area contributed by atoms with Crippen LogP contribution in [0.1, 0.15) is 29.5 Å². The zero-order chi connectivity index (χ0) is 25.8. The first kappa shape index (κ1) is 26.2. The molecular weight excluding hydrogens is 496 g/mol. The molecule has 6 nitrogen and oxygen atoms in total. The first-order chi connectivity index (χ1) is 17.2. The van der Waals surface area contributed by atoms with E-state index >= 15 is 0 Å². The van der Waals surface area contributed by atoms with Gasteiger partial charge in [-0.25, -0.2) is 8.42 Å². The predicted molar refractivity (Wildman–Crippen MR) is 143 cm³/mol. The van der Waals surface area contributed by atoms with Crippen LogP contribution in [0.15, 0.2) is 77.7 Å². The molecule has 4 rings (SSSR count). The molecule has 1 heterocycles. The Kier molecular flexibility index (Phi) is 8.03. The molecule has 0 unspecified atom stereocenters. The summed E-state index contributed by atoms with van der Waals surface area (Å²) in [5.74, 6) is -0.383. The molecule has 1 aliphatic heterocycles. The monoisotopic (exact) mass is 526 g/mol. The van der Waals surface area contributed by atoms with Crippen molar-refractivity contribution in [3.8, 4) is 0 Å². The number of carbonyl (C=O) groups is 1. The lowest BCUT2D eigenvalue weighted by atomic mass is 9.74. The van der Waals surface area contributed by atoms with E-state index in [0.717, 1.165) is 28.3 Å². The summed E-state index contributed by atoms with van der Waals surface area (Å²) >= 11 is 6.33. The second-order valence-corrected chi connectivity index (χ2v) is 11.5. The summed E-state index contributed by atoms with van der Waals surface area (Å²) in [6, 6.07) is 21.7. The number of nitrogens with one attached hydrogen (secondary N) is 1. The molecule has 1 fully saturated rings. The van der Waals surface area contributed by atoms with Crippen LogP contribution in [0.2, 0.25) is 5.02 Å². The molecule has 1 saturated heterocycles. The standard InChI is InChI=1S/C28H31ClN2O4S/c1-21-11-13-24(14-12-21)36(33,34)31(26-10-6-9-25(29)22(26)2)19-27(32)30-20-28(15-17-35-18-16-28)23-7-4-3-5-8-23/h3-14H,15-20H2,1-2H3,(H,30,32). The van der Waals surface area contributed by atoms with Crippen molar-refractivity contribution in [3.05, 3.63) is 94.5 Å². The number of anilines is 1. The Bertz CT molecular complexity index is 1310. The molecule has 8 heteroatoms. The van der Waals surface area contributed by atoms with Crippen molar-refractivity contribution in [1.29, 1.82) is 0 Å². The SMILES string of the molecule is Cc1ccc(S(=O)(=O)N(CC(=O)NCC2(c3ccccc3)CCOCC2)c2cccc(Cl)c2C)cc1. The fraction of sp³-hybridized carbons (Fsp3) is 0.321. The molecule has 1 amide bonds. The van der Waals surface area contributed by atoms with E-state index in [4.69, 9.17) is 16.3 Å². The minimum Gasteiger partial charge on any atom is -0.381 e. The molecule has 0 bridgehead atoms. The summed E-state index contributed by atoms with van der Waals surface area (Å²) in [6.45, 7) is 4.90. The van der Waals surface area contributed by atoms with Gasteiger partial charge in [-0.05, 0) is 62.1 Å². The summed E-state index contributed by atoms with van der Waals surface area (Å²) in [7, 11) is -4.02. The zero-order valence-corrected chi connectivity index (χ0v) is 22.1. The van der Waals surface area contributed by atoms with Gasteiger partial charge in [-0.15, -0.1) is 0 Å². The number of benzene rings is 3. The van der Waals surface area contributed by atoms with Crippen molar-refractivity contribution in [1.82, 2.24) is 5.32 Å². The van der Waals surface area contributed by atoms with Gasteiger partial charge in [0.1, 0.15) is 6.54 Å². The lowest BCUT2D eigenvalue weighted by Crippen LogP contribution is -2.48. The van der Waals surface area contributed by atoms with Crippen LogP contribution < -0.4 is 9.62 Å². The second kappa shape index (κ2) is 11.0. The van der Waals surface area contributed by atoms with E-state index in [-0.39, 0.29) is 22.8 Å². The Balaban J connectivity index is 1.62. The van der Waals surface area contributed by atoms with Crippen LogP contribution in [0.3, 0.4) is 0 Å². The highest BCUT2D eigenvalue weighted by molar-refractivity contribution is 7.92. The third-order valence-electron chi connectivity index (χ3n) is 6.86. The second-order valence-electron chi connectivity index (χ2n) is 9.24. The van der Waals surface area contributed by atoms with Crippen LogP contribution in [0, 0.1) is 13.8 Å². The largest absolute Gasteiger partial charge is 0.381 e. The van der Waals surface area contributed by atoms with Crippen LogP contribution in [-0.4, -0.2) is 40.6 Å². The number of carbonyl (C=O) groups excluding carboxylic acids is 1. The molecule has 1 N–H and O–H groups in total. The summed E-state index contributed by atoms with van der Waals surface area (Å²) in [5, 5.41) is 3.46. The number of aryl methyl sites for hydroxylation is 1. The van der Waals surface area contributed by atoms with Crippen LogP contribution in [0.25, 0.3) is 0 Å². The van der Waals surface area contributed by atoms with Crippen molar-refractivity contribution in [2.45, 2.75) is 37.0 Å². The highest BCUT2D eigenvalue weighted by Gasteiger charge is 2.35. The number of amides is 1. The number of halogens is 1. The van der Waals surface area contributed by atoms with Gasteiger partial charge in [0.15, 0.2) is 0 Å². The van der Waals surface area contributed by atoms with E-state index in [1.54, 1.807) is 49.4 Å². The summed E-state index contributed by atoms with van der Waals surface area (Å²) < 4.78 is 34.2. The maximum atomic E-state index is 13.7. The van der Waals surface area contributed by atoms with E-state index < -0.39 is 10.0 Å². The van der Waals surface area contributed by atoms with Gasteiger partial charge in [-0.2, -0.15) is 0 Å². The average Bonchev–Trinajstić information content (AvgIpc) is 2.89. The van der Waals surface area contributed by atoms with E-state index in [9.17, 15) is 13.2 Å². The molecular formula is C28H31ClN2O4S. The van der Waals surface area contributed by atoms with Gasteiger partial charge >= 0.3 is 0 Å². The summed E-state index contributed by atoms with van der Waals surface area (Å²) in [5.41, 5.74) is 2.79. The van der Waals surface area contributed by atoms with Crippen LogP contribution in [-0.2, 0) is 25.0 Å². The van der Waals surface area contributed by atoms with Crippen LogP contribution in [0.5, 0.6) is 0 Å². The number of ether oxygens (including phenoxy) is 1. The molecule has 0 aromatic heterocycles. The maximum absolute atomic E-state index is 13.7. The molecule has 0 radical (unpaired) electrons. The Labute approximate surface area is 218 Å². The smallest absolute Gasteiger partial charge is 0.264 e. The van der Waals surface area contributed by atoms with Crippen molar-refractivity contribution >= 4 is 33.2 Å². The Morgan fingerprint density at radius 2 is 1.64 bits per heavy atom. The van der Waals surface area contributed by atoms with Gasteiger partial charge in [0.2, 0.25) is 5.91 Å². The average molecular weight is 527 g/mol. The molecule has 1 aliphatic rings. The highest BCUT2D eigenvalue weighted by atomic mass is 35.5. The number of hydrogen-bond acceptors (Lipinski definition) is 4. The van der Waals surface area contributed by atoms with E-state index in [0.29, 0.717) is 36.0 Å².